The Labute approximate surface area is 120 Å². The predicted octanol–water partition coefficient (Wildman–Crippen LogP) is 2.93. The third-order valence-corrected chi connectivity index (χ3v) is 4.12. The van der Waals surface area contributed by atoms with Crippen molar-refractivity contribution in [1.29, 1.82) is 0 Å². The minimum atomic E-state index is -0.0256. The van der Waals surface area contributed by atoms with E-state index >= 15 is 0 Å². The number of hydrogen-bond donors (Lipinski definition) is 1. The smallest absolute Gasteiger partial charge is 0.230 e. The van der Waals surface area contributed by atoms with Crippen molar-refractivity contribution in [2.24, 2.45) is 4.99 Å². The summed E-state index contributed by atoms with van der Waals surface area (Å²) < 4.78 is 0. The van der Waals surface area contributed by atoms with Crippen LogP contribution in [0.15, 0.2) is 40.4 Å². The second-order valence-corrected chi connectivity index (χ2v) is 5.55. The van der Waals surface area contributed by atoms with Gasteiger partial charge in [0.15, 0.2) is 5.17 Å². The Kier molecular flexibility index (Phi) is 3.48. The van der Waals surface area contributed by atoms with Gasteiger partial charge in [0.2, 0.25) is 5.91 Å². The number of fused-ring (bicyclic) bond motifs is 1. The molecule has 1 amide bonds. The molecule has 0 bridgehead atoms. The van der Waals surface area contributed by atoms with Crippen LogP contribution in [0, 0.1) is 0 Å². The lowest BCUT2D eigenvalue weighted by molar-refractivity contribution is -0.115. The van der Waals surface area contributed by atoms with E-state index in [9.17, 15) is 4.79 Å². The standard InChI is InChI=1S/C13H12ClN3OS/c14-9-1-3-10(4-2-9)16-12(18)7-11-8-19-13-15-5-6-17(11)13/h1-4,8H,5-7H2,(H,16,18). The lowest BCUT2D eigenvalue weighted by Gasteiger charge is -2.16. The minimum absolute atomic E-state index is 0.0256. The van der Waals surface area contributed by atoms with Gasteiger partial charge in [-0.15, -0.1) is 0 Å². The van der Waals surface area contributed by atoms with Crippen LogP contribution in [0.5, 0.6) is 0 Å². The largest absolute Gasteiger partial charge is 0.326 e. The molecule has 0 aliphatic carbocycles. The maximum absolute atomic E-state index is 12.0. The van der Waals surface area contributed by atoms with Crippen LogP contribution in [0.4, 0.5) is 5.69 Å². The fourth-order valence-corrected chi connectivity index (χ4v) is 3.10. The van der Waals surface area contributed by atoms with E-state index in [1.807, 2.05) is 5.41 Å². The molecule has 2 heterocycles. The van der Waals surface area contributed by atoms with E-state index in [1.54, 1.807) is 36.0 Å². The molecule has 4 nitrogen and oxygen atoms in total. The first-order valence-corrected chi connectivity index (χ1v) is 7.21. The second kappa shape index (κ2) is 5.27. The highest BCUT2D eigenvalue weighted by atomic mass is 35.5. The highest BCUT2D eigenvalue weighted by Gasteiger charge is 2.27. The number of aliphatic imine (C=N–C) groups is 1. The van der Waals surface area contributed by atoms with Gasteiger partial charge in [0, 0.05) is 23.0 Å². The molecule has 0 radical (unpaired) electrons. The Balaban J connectivity index is 1.60. The van der Waals surface area contributed by atoms with Crippen LogP contribution in [-0.4, -0.2) is 29.1 Å². The van der Waals surface area contributed by atoms with E-state index in [4.69, 9.17) is 11.6 Å². The number of nitrogens with one attached hydrogen (secondary N) is 1. The SMILES string of the molecule is O=C(CC1=CSC2=NCCN12)Nc1ccc(Cl)cc1. The molecular formula is C13H12ClN3OS. The van der Waals surface area contributed by atoms with Crippen LogP contribution in [0.2, 0.25) is 5.02 Å². The fraction of sp³-hybridized carbons (Fsp3) is 0.231. The molecule has 2 aliphatic heterocycles. The van der Waals surface area contributed by atoms with E-state index in [0.717, 1.165) is 29.6 Å². The molecule has 1 aromatic rings. The molecule has 0 unspecified atom stereocenters. The summed E-state index contributed by atoms with van der Waals surface area (Å²) in [6, 6.07) is 7.10. The molecule has 1 N–H and O–H groups in total. The van der Waals surface area contributed by atoms with Gasteiger partial charge in [0.25, 0.3) is 0 Å². The van der Waals surface area contributed by atoms with E-state index in [1.165, 1.54) is 0 Å². The highest BCUT2D eigenvalue weighted by Crippen LogP contribution is 2.30. The lowest BCUT2D eigenvalue weighted by atomic mass is 10.2. The molecular weight excluding hydrogens is 282 g/mol. The molecule has 6 heteroatoms. The van der Waals surface area contributed by atoms with Gasteiger partial charge in [-0.1, -0.05) is 23.4 Å². The molecule has 0 fully saturated rings. The maximum Gasteiger partial charge on any atom is 0.230 e. The molecule has 1 aromatic carbocycles. The number of benzene rings is 1. The van der Waals surface area contributed by atoms with Gasteiger partial charge >= 0.3 is 0 Å². The lowest BCUT2D eigenvalue weighted by Crippen LogP contribution is -2.24. The summed E-state index contributed by atoms with van der Waals surface area (Å²) in [4.78, 5) is 18.4. The molecule has 19 heavy (non-hydrogen) atoms. The first kappa shape index (κ1) is 12.6. The number of rotatable bonds is 3. The van der Waals surface area contributed by atoms with Crippen molar-refractivity contribution in [2.45, 2.75) is 6.42 Å². The van der Waals surface area contributed by atoms with E-state index in [2.05, 4.69) is 15.2 Å². The molecule has 0 saturated carbocycles. The van der Waals surface area contributed by atoms with Crippen molar-refractivity contribution in [2.75, 3.05) is 18.4 Å². The summed E-state index contributed by atoms with van der Waals surface area (Å²) >= 11 is 7.39. The van der Waals surface area contributed by atoms with Crippen LogP contribution in [-0.2, 0) is 4.79 Å². The van der Waals surface area contributed by atoms with E-state index in [0.29, 0.717) is 11.4 Å². The summed E-state index contributed by atoms with van der Waals surface area (Å²) in [5, 5.41) is 6.53. The van der Waals surface area contributed by atoms with Crippen molar-refractivity contribution in [1.82, 2.24) is 4.90 Å². The Morgan fingerprint density at radius 2 is 2.21 bits per heavy atom. The number of nitrogens with zero attached hydrogens (tertiary/aromatic N) is 2. The Bertz CT molecular complexity index is 568. The van der Waals surface area contributed by atoms with Crippen molar-refractivity contribution in [3.63, 3.8) is 0 Å². The molecule has 3 rings (SSSR count). The van der Waals surface area contributed by atoms with Gasteiger partial charge in [-0.25, -0.2) is 0 Å². The van der Waals surface area contributed by atoms with Crippen molar-refractivity contribution in [3.8, 4) is 0 Å². The summed E-state index contributed by atoms with van der Waals surface area (Å²) in [6.45, 7) is 1.70. The van der Waals surface area contributed by atoms with Crippen LogP contribution in [0.1, 0.15) is 6.42 Å². The van der Waals surface area contributed by atoms with Crippen LogP contribution in [0.25, 0.3) is 0 Å². The van der Waals surface area contributed by atoms with Crippen molar-refractivity contribution >= 4 is 40.1 Å². The Morgan fingerprint density at radius 1 is 1.42 bits per heavy atom. The number of halogens is 1. The topological polar surface area (TPSA) is 44.7 Å². The molecule has 2 aliphatic rings. The monoisotopic (exact) mass is 293 g/mol. The normalized spacial score (nSPS) is 17.0. The average molecular weight is 294 g/mol. The quantitative estimate of drug-likeness (QED) is 0.932. The average Bonchev–Trinajstić information content (AvgIpc) is 2.97. The maximum atomic E-state index is 12.0. The summed E-state index contributed by atoms with van der Waals surface area (Å²) in [7, 11) is 0. The first-order chi connectivity index (χ1) is 9.22. The number of carbonyl (C=O) groups excluding carboxylic acids is 1. The number of carbonyl (C=O) groups is 1. The number of thioether (sulfide) groups is 1. The number of amides is 1. The van der Waals surface area contributed by atoms with E-state index in [-0.39, 0.29) is 5.91 Å². The van der Waals surface area contributed by atoms with Gasteiger partial charge in [-0.2, -0.15) is 0 Å². The summed E-state index contributed by atoms with van der Waals surface area (Å²) in [6.07, 6.45) is 0.370. The third-order valence-electron chi connectivity index (χ3n) is 2.92. The van der Waals surface area contributed by atoms with Gasteiger partial charge in [0.1, 0.15) is 0 Å². The number of anilines is 1. The second-order valence-electron chi connectivity index (χ2n) is 4.27. The zero-order valence-corrected chi connectivity index (χ0v) is 11.7. The van der Waals surface area contributed by atoms with Crippen LogP contribution < -0.4 is 5.32 Å². The van der Waals surface area contributed by atoms with Gasteiger partial charge < -0.3 is 10.2 Å². The van der Waals surface area contributed by atoms with E-state index < -0.39 is 0 Å². The predicted molar refractivity (Wildman–Crippen MR) is 79.4 cm³/mol. The zero-order valence-electron chi connectivity index (χ0n) is 10.1. The van der Waals surface area contributed by atoms with Gasteiger partial charge in [0.05, 0.1) is 13.0 Å². The molecule has 0 saturated heterocycles. The molecule has 0 spiro atoms. The van der Waals surface area contributed by atoms with Crippen molar-refractivity contribution < 1.29 is 4.79 Å². The molecule has 0 atom stereocenters. The molecule has 0 aromatic heterocycles. The zero-order chi connectivity index (χ0) is 13.2. The number of amidine groups is 1. The van der Waals surface area contributed by atoms with Gasteiger partial charge in [-0.05, 0) is 29.7 Å². The number of hydrogen-bond acceptors (Lipinski definition) is 4. The summed E-state index contributed by atoms with van der Waals surface area (Å²) in [5.41, 5.74) is 1.78. The first-order valence-electron chi connectivity index (χ1n) is 5.95. The summed E-state index contributed by atoms with van der Waals surface area (Å²) in [5.74, 6) is -0.0256. The minimum Gasteiger partial charge on any atom is -0.326 e. The van der Waals surface area contributed by atoms with Crippen LogP contribution in [0.3, 0.4) is 0 Å². The Morgan fingerprint density at radius 3 is 3.00 bits per heavy atom. The third kappa shape index (κ3) is 2.77. The highest BCUT2D eigenvalue weighted by molar-refractivity contribution is 8.16. The Hall–Kier alpha value is -1.46. The molecule has 98 valence electrons. The fourth-order valence-electron chi connectivity index (χ4n) is 2.02. The van der Waals surface area contributed by atoms with Gasteiger partial charge in [-0.3, -0.25) is 9.79 Å². The van der Waals surface area contributed by atoms with Crippen LogP contribution >= 0.6 is 23.4 Å². The van der Waals surface area contributed by atoms with Crippen molar-refractivity contribution in [3.05, 3.63) is 40.4 Å².